The lowest BCUT2D eigenvalue weighted by atomic mass is 9.79. The second-order valence-electron chi connectivity index (χ2n) is 7.58. The van der Waals surface area contributed by atoms with Gasteiger partial charge in [-0.15, -0.1) is 0 Å². The van der Waals surface area contributed by atoms with Gasteiger partial charge in [-0.05, 0) is 44.0 Å². The Labute approximate surface area is 155 Å². The Morgan fingerprint density at radius 2 is 2.08 bits per heavy atom. The molecule has 2 saturated heterocycles. The first-order valence-corrected chi connectivity index (χ1v) is 9.37. The molecular formula is C20H29FN2O3. The van der Waals surface area contributed by atoms with E-state index >= 15 is 0 Å². The van der Waals surface area contributed by atoms with E-state index in [0.29, 0.717) is 30.9 Å². The molecule has 0 saturated carbocycles. The molecule has 0 bridgehead atoms. The Morgan fingerprint density at radius 3 is 2.85 bits per heavy atom. The van der Waals surface area contributed by atoms with Crippen LogP contribution in [0.5, 0.6) is 5.75 Å². The van der Waals surface area contributed by atoms with Crippen LogP contribution in [0.2, 0.25) is 0 Å². The van der Waals surface area contributed by atoms with Crippen molar-refractivity contribution < 1.29 is 18.7 Å². The van der Waals surface area contributed by atoms with Crippen LogP contribution in [0.15, 0.2) is 18.2 Å². The number of piperidine rings is 1. The van der Waals surface area contributed by atoms with E-state index in [4.69, 9.17) is 9.47 Å². The van der Waals surface area contributed by atoms with E-state index in [-0.39, 0.29) is 17.1 Å². The Balaban J connectivity index is 1.62. The quantitative estimate of drug-likeness (QED) is 0.778. The highest BCUT2D eigenvalue weighted by atomic mass is 19.1. The van der Waals surface area contributed by atoms with Crippen LogP contribution < -0.4 is 4.74 Å². The summed E-state index contributed by atoms with van der Waals surface area (Å²) >= 11 is 0. The maximum atomic E-state index is 14.2. The molecule has 0 N–H and O–H groups in total. The van der Waals surface area contributed by atoms with Crippen LogP contribution in [0.1, 0.15) is 31.2 Å². The number of hydrogen-bond donors (Lipinski definition) is 0. The van der Waals surface area contributed by atoms with Crippen molar-refractivity contribution in [1.29, 1.82) is 0 Å². The van der Waals surface area contributed by atoms with Gasteiger partial charge in [0.25, 0.3) is 0 Å². The van der Waals surface area contributed by atoms with E-state index in [9.17, 15) is 9.18 Å². The molecule has 2 aliphatic rings. The maximum Gasteiger partial charge on any atom is 0.224 e. The fourth-order valence-electron chi connectivity index (χ4n) is 4.31. The zero-order chi connectivity index (χ0) is 18.6. The fourth-order valence-corrected chi connectivity index (χ4v) is 4.31. The van der Waals surface area contributed by atoms with Crippen molar-refractivity contribution in [1.82, 2.24) is 9.80 Å². The lowest BCUT2D eigenvalue weighted by Crippen LogP contribution is -2.45. The van der Waals surface area contributed by atoms with Crippen molar-refractivity contribution in [2.24, 2.45) is 5.41 Å². The van der Waals surface area contributed by atoms with Crippen molar-refractivity contribution in [3.05, 3.63) is 29.6 Å². The Bertz CT molecular complexity index is 639. The second-order valence-corrected chi connectivity index (χ2v) is 7.58. The second kappa shape index (κ2) is 8.35. The SMILES string of the molecule is COCCC(=O)N1CC[C@]2(CCCN(Cc3cc(OC)ccc3F)C2)C1. The van der Waals surface area contributed by atoms with Gasteiger partial charge in [-0.2, -0.15) is 0 Å². The van der Waals surface area contributed by atoms with Crippen molar-refractivity contribution >= 4 is 5.91 Å². The van der Waals surface area contributed by atoms with Gasteiger partial charge in [-0.3, -0.25) is 9.69 Å². The molecule has 3 rings (SSSR count). The number of benzene rings is 1. The number of rotatable bonds is 6. The van der Waals surface area contributed by atoms with Gasteiger partial charge in [-0.25, -0.2) is 4.39 Å². The van der Waals surface area contributed by atoms with E-state index in [2.05, 4.69) is 4.90 Å². The molecule has 1 aromatic rings. The summed E-state index contributed by atoms with van der Waals surface area (Å²) in [5.74, 6) is 0.678. The Morgan fingerprint density at radius 1 is 1.23 bits per heavy atom. The highest BCUT2D eigenvalue weighted by Crippen LogP contribution is 2.39. The molecule has 0 aromatic heterocycles. The molecule has 1 spiro atoms. The number of methoxy groups -OCH3 is 2. The topological polar surface area (TPSA) is 42.0 Å². The minimum atomic E-state index is -0.187. The summed E-state index contributed by atoms with van der Waals surface area (Å²) in [6, 6.07) is 4.91. The number of hydrogen-bond acceptors (Lipinski definition) is 4. The van der Waals surface area contributed by atoms with Crippen molar-refractivity contribution in [3.8, 4) is 5.75 Å². The summed E-state index contributed by atoms with van der Waals surface area (Å²) in [7, 11) is 3.22. The molecular weight excluding hydrogens is 335 g/mol. The van der Waals surface area contributed by atoms with Crippen molar-refractivity contribution in [2.75, 3.05) is 47.0 Å². The average molecular weight is 364 g/mol. The molecule has 0 unspecified atom stereocenters. The van der Waals surface area contributed by atoms with Gasteiger partial charge >= 0.3 is 0 Å². The van der Waals surface area contributed by atoms with E-state index < -0.39 is 0 Å². The predicted molar refractivity (Wildman–Crippen MR) is 97.6 cm³/mol. The highest BCUT2D eigenvalue weighted by molar-refractivity contribution is 5.76. The van der Waals surface area contributed by atoms with Crippen LogP contribution in [0.25, 0.3) is 0 Å². The molecule has 6 heteroatoms. The van der Waals surface area contributed by atoms with Gasteiger partial charge in [0.2, 0.25) is 5.91 Å². The van der Waals surface area contributed by atoms with E-state index in [1.165, 1.54) is 6.07 Å². The summed E-state index contributed by atoms with van der Waals surface area (Å²) in [4.78, 5) is 16.6. The molecule has 2 heterocycles. The number of carbonyl (C=O) groups excluding carboxylic acids is 1. The van der Waals surface area contributed by atoms with Gasteiger partial charge in [0.05, 0.1) is 20.1 Å². The Hall–Kier alpha value is -1.66. The third kappa shape index (κ3) is 4.35. The van der Waals surface area contributed by atoms with Gasteiger partial charge in [0.1, 0.15) is 11.6 Å². The van der Waals surface area contributed by atoms with Crippen LogP contribution in [-0.2, 0) is 16.1 Å². The standard InChI is InChI=1S/C20H29FN2O3/c1-25-11-6-19(24)23-10-8-20(15-23)7-3-9-22(14-20)13-16-12-17(26-2)4-5-18(16)21/h4-5,12H,3,6-11,13-15H2,1-2H3/t20-/m0/s1. The normalized spacial score (nSPS) is 23.6. The number of nitrogens with zero attached hydrogens (tertiary/aromatic N) is 2. The monoisotopic (exact) mass is 364 g/mol. The van der Waals surface area contributed by atoms with Crippen LogP contribution in [-0.4, -0.2) is 62.7 Å². The zero-order valence-electron chi connectivity index (χ0n) is 15.8. The highest BCUT2D eigenvalue weighted by Gasteiger charge is 2.42. The van der Waals surface area contributed by atoms with Gasteiger partial charge < -0.3 is 14.4 Å². The predicted octanol–water partition coefficient (Wildman–Crippen LogP) is 2.69. The smallest absolute Gasteiger partial charge is 0.224 e. The minimum absolute atomic E-state index is 0.149. The number of likely N-dealkylation sites (tertiary alicyclic amines) is 2. The summed E-state index contributed by atoms with van der Waals surface area (Å²) in [6.45, 7) is 4.58. The van der Waals surface area contributed by atoms with Crippen LogP contribution in [0.3, 0.4) is 0 Å². The molecule has 2 fully saturated rings. The molecule has 1 atom stereocenters. The van der Waals surface area contributed by atoms with Gasteiger partial charge in [-0.1, -0.05) is 0 Å². The zero-order valence-corrected chi connectivity index (χ0v) is 15.8. The van der Waals surface area contributed by atoms with Gasteiger partial charge in [0, 0.05) is 44.3 Å². The molecule has 0 aliphatic carbocycles. The molecule has 26 heavy (non-hydrogen) atoms. The summed E-state index contributed by atoms with van der Waals surface area (Å²) in [6.07, 6.45) is 3.71. The molecule has 2 aliphatic heterocycles. The summed E-state index contributed by atoms with van der Waals surface area (Å²) < 4.78 is 24.4. The third-order valence-electron chi connectivity index (χ3n) is 5.70. The minimum Gasteiger partial charge on any atom is -0.497 e. The summed E-state index contributed by atoms with van der Waals surface area (Å²) in [5.41, 5.74) is 0.823. The fraction of sp³-hybridized carbons (Fsp3) is 0.650. The van der Waals surface area contributed by atoms with Crippen molar-refractivity contribution in [2.45, 2.75) is 32.2 Å². The first kappa shape index (κ1) is 19.1. The van der Waals surface area contributed by atoms with Crippen LogP contribution in [0.4, 0.5) is 4.39 Å². The van der Waals surface area contributed by atoms with Crippen molar-refractivity contribution in [3.63, 3.8) is 0 Å². The van der Waals surface area contributed by atoms with Gasteiger partial charge in [0.15, 0.2) is 0 Å². The molecule has 1 aromatic carbocycles. The number of ether oxygens (including phenoxy) is 2. The average Bonchev–Trinajstić information content (AvgIpc) is 3.05. The lowest BCUT2D eigenvalue weighted by Gasteiger charge is -2.40. The largest absolute Gasteiger partial charge is 0.497 e. The number of carbonyl (C=O) groups is 1. The molecule has 5 nitrogen and oxygen atoms in total. The van der Waals surface area contributed by atoms with E-state index in [1.54, 1.807) is 26.4 Å². The summed E-state index contributed by atoms with van der Waals surface area (Å²) in [5, 5.41) is 0. The third-order valence-corrected chi connectivity index (χ3v) is 5.70. The molecule has 0 radical (unpaired) electrons. The first-order chi connectivity index (χ1) is 12.5. The van der Waals surface area contributed by atoms with Crippen LogP contribution in [0, 0.1) is 11.2 Å². The maximum absolute atomic E-state index is 14.2. The van der Waals surface area contributed by atoms with E-state index in [1.807, 2.05) is 4.90 Å². The molecule has 144 valence electrons. The lowest BCUT2D eigenvalue weighted by molar-refractivity contribution is -0.131. The van der Waals surface area contributed by atoms with Crippen LogP contribution >= 0.6 is 0 Å². The Kier molecular flexibility index (Phi) is 6.14. The first-order valence-electron chi connectivity index (χ1n) is 9.37. The molecule has 1 amide bonds. The number of amides is 1. The number of halogens is 1. The van der Waals surface area contributed by atoms with E-state index in [0.717, 1.165) is 45.4 Å².